The Morgan fingerprint density at radius 1 is 1.67 bits per heavy atom. The zero-order valence-corrected chi connectivity index (χ0v) is 2.86. The van der Waals surface area contributed by atoms with Gasteiger partial charge >= 0.3 is 45.5 Å². The van der Waals surface area contributed by atoms with Crippen LogP contribution >= 0.6 is 0 Å². The van der Waals surface area contributed by atoms with Crippen molar-refractivity contribution in [2.75, 3.05) is 0 Å². The molecule has 0 amide bonds. The number of carbonyl (C=O) groups is 1. The van der Waals surface area contributed by atoms with Crippen molar-refractivity contribution >= 4 is 51.5 Å². The van der Waals surface area contributed by atoms with Gasteiger partial charge in [0.05, 0.1) is 0 Å². The van der Waals surface area contributed by atoms with Crippen molar-refractivity contribution in [3.63, 3.8) is 0 Å². The molecule has 0 spiro atoms. The fraction of sp³-hybridized carbons (Fsp3) is 0.500. The first-order valence-electron chi connectivity index (χ1n) is 0.928. The van der Waals surface area contributed by atoms with E-state index in [-0.39, 0.29) is 51.0 Å². The summed E-state index contributed by atoms with van der Waals surface area (Å²) in [7, 11) is 0. The van der Waals surface area contributed by atoms with E-state index < -0.39 is 5.97 Å². The zero-order chi connectivity index (χ0) is 3.58. The molecule has 0 aliphatic carbocycles. The molecule has 0 aromatic heterocycles. The number of rotatable bonds is 0. The summed E-state index contributed by atoms with van der Waals surface area (Å²) in [6, 6.07) is 0. The first-order chi connectivity index (χ1) is 1.73. The van der Waals surface area contributed by atoms with Gasteiger partial charge in [-0.2, -0.15) is 0 Å². The van der Waals surface area contributed by atoms with Gasteiger partial charge in [-0.15, -0.1) is 0 Å². The predicted molar refractivity (Wildman–Crippen MR) is 25.5 cm³/mol. The van der Waals surface area contributed by atoms with Gasteiger partial charge in [-0.25, -0.2) is 0 Å². The summed E-state index contributed by atoms with van der Waals surface area (Å²) >= 11 is 0. The first kappa shape index (κ1) is 15.8. The van der Waals surface area contributed by atoms with Gasteiger partial charge in [0, 0.05) is 6.92 Å². The molecule has 0 unspecified atom stereocenters. The van der Waals surface area contributed by atoms with Crippen LogP contribution in [-0.2, 0) is 4.79 Å². The summed E-state index contributed by atoms with van der Waals surface area (Å²) in [6.07, 6.45) is 0. The van der Waals surface area contributed by atoms with E-state index in [9.17, 15) is 0 Å². The van der Waals surface area contributed by atoms with Crippen molar-refractivity contribution in [3.8, 4) is 0 Å². The first-order valence-corrected chi connectivity index (χ1v) is 0.928. The van der Waals surface area contributed by atoms with Gasteiger partial charge in [-0.05, 0) is 0 Å². The third-order valence-corrected chi connectivity index (χ3v) is 0. The molecule has 0 aromatic rings. The van der Waals surface area contributed by atoms with Crippen molar-refractivity contribution < 1.29 is 15.4 Å². The van der Waals surface area contributed by atoms with Crippen molar-refractivity contribution in [2.24, 2.45) is 0 Å². The Labute approximate surface area is 72.9 Å². The Morgan fingerprint density at radius 3 is 1.67 bits per heavy atom. The van der Waals surface area contributed by atoms with Crippen LogP contribution in [0.4, 0.5) is 0 Å². The molecular weight excluding hydrogens is 160 g/mol. The van der Waals surface area contributed by atoms with Crippen molar-refractivity contribution in [2.45, 2.75) is 6.92 Å². The van der Waals surface area contributed by atoms with E-state index >= 15 is 0 Å². The van der Waals surface area contributed by atoms with Gasteiger partial charge in [0.25, 0.3) is 5.97 Å². The third-order valence-electron chi connectivity index (χ3n) is 0. The molecule has 0 fully saturated rings. The Hall–Kier alpha value is 0.911. The minimum atomic E-state index is -0.833. The molecule has 0 aliphatic heterocycles. The van der Waals surface area contributed by atoms with Crippen LogP contribution in [0.1, 0.15) is 6.92 Å². The number of aliphatic carboxylic acids is 1. The standard InChI is InChI=1S/C2H4O2.H2O.Sr.2H/c1-2(3)4;;;;/h1H3,(H,3,4);1H2;;;. The van der Waals surface area contributed by atoms with Crippen LogP contribution in [0.3, 0.4) is 0 Å². The molecule has 0 bridgehead atoms. The molecule has 0 aromatic carbocycles. The van der Waals surface area contributed by atoms with E-state index in [1.807, 2.05) is 0 Å². The van der Waals surface area contributed by atoms with E-state index in [1.54, 1.807) is 0 Å². The predicted octanol–water partition coefficient (Wildman–Crippen LogP) is -1.65. The Bertz CT molecular complexity index is 31.8. The molecule has 0 heterocycles. The molecule has 0 rings (SSSR count). The minimum absolute atomic E-state index is 0. The second kappa shape index (κ2) is 9.32. The van der Waals surface area contributed by atoms with E-state index in [0.29, 0.717) is 0 Å². The maximum absolute atomic E-state index is 9.00. The molecule has 0 radical (unpaired) electrons. The number of hydrogen-bond donors (Lipinski definition) is 1. The number of carboxylic acid groups (broad SMARTS) is 1. The van der Waals surface area contributed by atoms with E-state index in [0.717, 1.165) is 6.92 Å². The van der Waals surface area contributed by atoms with Gasteiger partial charge in [0.2, 0.25) is 0 Å². The van der Waals surface area contributed by atoms with Crippen LogP contribution in [0.25, 0.3) is 0 Å². The van der Waals surface area contributed by atoms with E-state index in [2.05, 4.69) is 0 Å². The topological polar surface area (TPSA) is 68.8 Å². The molecule has 6 heavy (non-hydrogen) atoms. The third kappa shape index (κ3) is 90.6. The summed E-state index contributed by atoms with van der Waals surface area (Å²) in [4.78, 5) is 9.00. The Kier molecular flexibility index (Phi) is 24.5. The summed E-state index contributed by atoms with van der Waals surface area (Å²) in [5.41, 5.74) is 0. The molecule has 3 nitrogen and oxygen atoms in total. The molecule has 0 aliphatic rings. The number of hydrogen-bond acceptors (Lipinski definition) is 1. The SMILES string of the molecule is CC(=O)O.O.[SrH2]. The maximum atomic E-state index is 9.00. The molecular formula is C2H8O3Sr. The van der Waals surface area contributed by atoms with Crippen molar-refractivity contribution in [1.29, 1.82) is 0 Å². The summed E-state index contributed by atoms with van der Waals surface area (Å²) in [5, 5.41) is 7.42. The molecule has 0 saturated heterocycles. The van der Waals surface area contributed by atoms with Crippen LogP contribution in [-0.4, -0.2) is 62.0 Å². The Balaban J connectivity index is -0.0000000450. The van der Waals surface area contributed by atoms with Crippen molar-refractivity contribution in [1.82, 2.24) is 0 Å². The van der Waals surface area contributed by atoms with Gasteiger partial charge in [-0.1, -0.05) is 0 Å². The molecule has 0 atom stereocenters. The summed E-state index contributed by atoms with van der Waals surface area (Å²) < 4.78 is 0. The molecule has 3 N–H and O–H groups in total. The van der Waals surface area contributed by atoms with E-state index in [1.165, 1.54) is 0 Å². The van der Waals surface area contributed by atoms with Crippen molar-refractivity contribution in [3.05, 3.63) is 0 Å². The molecule has 36 valence electrons. The zero-order valence-electron chi connectivity index (χ0n) is 2.86. The van der Waals surface area contributed by atoms with Crippen LogP contribution in [0.15, 0.2) is 0 Å². The van der Waals surface area contributed by atoms with Gasteiger partial charge in [-0.3, -0.25) is 4.79 Å². The molecule has 0 saturated carbocycles. The van der Waals surface area contributed by atoms with Gasteiger partial charge < -0.3 is 10.6 Å². The fourth-order valence-corrected chi connectivity index (χ4v) is 0. The van der Waals surface area contributed by atoms with Crippen LogP contribution in [0.2, 0.25) is 0 Å². The summed E-state index contributed by atoms with van der Waals surface area (Å²) in [5.74, 6) is -0.833. The normalized spacial score (nSPS) is 4.17. The van der Waals surface area contributed by atoms with Crippen LogP contribution in [0, 0.1) is 0 Å². The Morgan fingerprint density at radius 2 is 1.67 bits per heavy atom. The average Bonchev–Trinajstić information content (AvgIpc) is 0.811. The monoisotopic (exact) mass is 168 g/mol. The second-order valence-corrected chi connectivity index (χ2v) is 0.519. The second-order valence-electron chi connectivity index (χ2n) is 0.519. The fourth-order valence-electron chi connectivity index (χ4n) is 0. The quantitative estimate of drug-likeness (QED) is 0.440. The van der Waals surface area contributed by atoms with Gasteiger partial charge in [0.15, 0.2) is 0 Å². The molecule has 4 heteroatoms. The number of carboxylic acids is 1. The van der Waals surface area contributed by atoms with E-state index in [4.69, 9.17) is 9.90 Å². The summed E-state index contributed by atoms with van der Waals surface area (Å²) in [6.45, 7) is 1.08. The average molecular weight is 168 g/mol. The van der Waals surface area contributed by atoms with Gasteiger partial charge in [0.1, 0.15) is 0 Å². The van der Waals surface area contributed by atoms with Crippen LogP contribution < -0.4 is 0 Å². The van der Waals surface area contributed by atoms with Crippen LogP contribution in [0.5, 0.6) is 0 Å².